The van der Waals surface area contributed by atoms with Crippen molar-refractivity contribution in [2.24, 2.45) is 0 Å². The molecular formula is C35H46N2O6. The maximum atomic E-state index is 13.2. The second-order valence-corrected chi connectivity index (χ2v) is 12.9. The van der Waals surface area contributed by atoms with Crippen LogP contribution in [0.25, 0.3) is 11.1 Å². The van der Waals surface area contributed by atoms with Crippen LogP contribution in [0.15, 0.2) is 60.7 Å². The fourth-order valence-electron chi connectivity index (χ4n) is 5.56. The number of hydrogen-bond acceptors (Lipinski definition) is 7. The molecule has 1 amide bonds. The topological polar surface area (TPSA) is 80.7 Å². The van der Waals surface area contributed by atoms with Crippen LogP contribution in [-0.4, -0.2) is 60.6 Å². The number of benzene rings is 3. The number of anilines is 1. The summed E-state index contributed by atoms with van der Waals surface area (Å²) in [5.41, 5.74) is 2.31. The van der Waals surface area contributed by atoms with Gasteiger partial charge in [0.1, 0.15) is 23.7 Å². The van der Waals surface area contributed by atoms with Gasteiger partial charge in [0.2, 0.25) is 0 Å². The first kappa shape index (κ1) is 31.9. The van der Waals surface area contributed by atoms with Gasteiger partial charge in [-0.05, 0) is 77.6 Å². The number of hydrogen-bond donors (Lipinski definition) is 1. The van der Waals surface area contributed by atoms with E-state index in [1.54, 1.807) is 20.3 Å². The van der Waals surface area contributed by atoms with Gasteiger partial charge in [0.05, 0.1) is 19.8 Å². The Balaban J connectivity index is 1.54. The number of amides is 1. The molecule has 0 spiro atoms. The number of phenolic OH excluding ortho intramolecular Hbond substituents is 1. The number of ether oxygens (including phenoxy) is 4. The lowest BCUT2D eigenvalue weighted by molar-refractivity contribution is -0.0109. The molecule has 43 heavy (non-hydrogen) atoms. The third-order valence-electron chi connectivity index (χ3n) is 7.48. The summed E-state index contributed by atoms with van der Waals surface area (Å²) in [7, 11) is 3.21. The zero-order valence-corrected chi connectivity index (χ0v) is 26.8. The fraction of sp³-hybridized carbons (Fsp3) is 0.457. The van der Waals surface area contributed by atoms with E-state index in [0.29, 0.717) is 29.4 Å². The molecule has 1 fully saturated rings. The van der Waals surface area contributed by atoms with Gasteiger partial charge in [0, 0.05) is 42.5 Å². The largest absolute Gasteiger partial charge is 0.507 e. The molecule has 1 aliphatic rings. The number of nitrogens with zero attached hydrogens (tertiary/aromatic N) is 2. The van der Waals surface area contributed by atoms with E-state index in [2.05, 4.69) is 4.90 Å². The van der Waals surface area contributed by atoms with Gasteiger partial charge in [-0.1, -0.05) is 36.4 Å². The Hall–Kier alpha value is -4.07. The number of carbonyl (C=O) groups excluding carboxylic acids is 1. The predicted molar refractivity (Wildman–Crippen MR) is 170 cm³/mol. The number of phenols is 1. The number of methoxy groups -OCH3 is 2. The first-order chi connectivity index (χ1) is 20.3. The SMILES string of the molecule is COc1ccc(-c2c(O)cc(N3CCC(N(C(=O)OC(C)(C)C)C(C)(C)C)CC3)cc2OC)cc1OCc1ccccc1. The van der Waals surface area contributed by atoms with Gasteiger partial charge in [0.25, 0.3) is 0 Å². The van der Waals surface area contributed by atoms with Crippen LogP contribution in [-0.2, 0) is 11.3 Å². The minimum Gasteiger partial charge on any atom is -0.507 e. The number of carbonyl (C=O) groups is 1. The molecule has 1 heterocycles. The first-order valence-electron chi connectivity index (χ1n) is 14.8. The van der Waals surface area contributed by atoms with Crippen LogP contribution >= 0.6 is 0 Å². The van der Waals surface area contributed by atoms with Gasteiger partial charge in [-0.15, -0.1) is 0 Å². The average molecular weight is 591 g/mol. The van der Waals surface area contributed by atoms with E-state index in [1.807, 2.05) is 101 Å². The van der Waals surface area contributed by atoms with E-state index in [1.165, 1.54) is 0 Å². The zero-order chi connectivity index (χ0) is 31.4. The van der Waals surface area contributed by atoms with Crippen LogP contribution in [0.4, 0.5) is 10.5 Å². The minimum atomic E-state index is -0.560. The number of piperidine rings is 1. The Kier molecular flexibility index (Phi) is 9.68. The molecule has 3 aromatic carbocycles. The van der Waals surface area contributed by atoms with Crippen molar-refractivity contribution in [3.8, 4) is 34.1 Å². The number of rotatable bonds is 8. The molecule has 0 aromatic heterocycles. The first-order valence-corrected chi connectivity index (χ1v) is 14.8. The van der Waals surface area contributed by atoms with Crippen LogP contribution in [0, 0.1) is 0 Å². The van der Waals surface area contributed by atoms with Crippen molar-refractivity contribution < 1.29 is 28.8 Å². The van der Waals surface area contributed by atoms with Crippen molar-refractivity contribution in [3.63, 3.8) is 0 Å². The summed E-state index contributed by atoms with van der Waals surface area (Å²) in [5, 5.41) is 11.3. The van der Waals surface area contributed by atoms with E-state index >= 15 is 0 Å². The second kappa shape index (κ2) is 13.1. The molecule has 4 rings (SSSR count). The standard InChI is InChI=1S/C35H46N2O6/c1-34(2,3)37(33(39)43-35(4,5)6)26-16-18-36(19-17-26)27-21-28(38)32(31(22-27)41-8)25-14-15-29(40-7)30(20-25)42-23-24-12-10-9-11-13-24/h9-15,20-22,26,38H,16-19,23H2,1-8H3. The highest BCUT2D eigenvalue weighted by molar-refractivity contribution is 5.81. The van der Waals surface area contributed by atoms with E-state index in [4.69, 9.17) is 18.9 Å². The van der Waals surface area contributed by atoms with Crippen LogP contribution in [0.5, 0.6) is 23.0 Å². The Bertz CT molecular complexity index is 1390. The van der Waals surface area contributed by atoms with Crippen molar-refractivity contribution >= 4 is 11.8 Å². The summed E-state index contributed by atoms with van der Waals surface area (Å²) in [6, 6.07) is 19.3. The molecule has 0 saturated carbocycles. The third-order valence-corrected chi connectivity index (χ3v) is 7.48. The molecule has 0 aliphatic carbocycles. The Morgan fingerprint density at radius 2 is 1.53 bits per heavy atom. The van der Waals surface area contributed by atoms with E-state index < -0.39 is 5.60 Å². The molecule has 1 aliphatic heterocycles. The summed E-state index contributed by atoms with van der Waals surface area (Å²) in [6.45, 7) is 13.6. The summed E-state index contributed by atoms with van der Waals surface area (Å²) < 4.78 is 23.2. The Morgan fingerprint density at radius 1 is 0.884 bits per heavy atom. The monoisotopic (exact) mass is 590 g/mol. The quantitative estimate of drug-likeness (QED) is 0.288. The molecule has 232 valence electrons. The summed E-state index contributed by atoms with van der Waals surface area (Å²) >= 11 is 0. The molecule has 1 N–H and O–H groups in total. The predicted octanol–water partition coefficient (Wildman–Crippen LogP) is 7.66. The van der Waals surface area contributed by atoms with Crippen molar-refractivity contribution in [2.75, 3.05) is 32.2 Å². The van der Waals surface area contributed by atoms with Crippen LogP contribution in [0.1, 0.15) is 59.9 Å². The maximum absolute atomic E-state index is 13.2. The summed E-state index contributed by atoms with van der Waals surface area (Å²) in [4.78, 5) is 17.3. The van der Waals surface area contributed by atoms with Gasteiger partial charge in [-0.3, -0.25) is 0 Å². The molecule has 8 heteroatoms. The van der Waals surface area contributed by atoms with Crippen LogP contribution in [0.3, 0.4) is 0 Å². The second-order valence-electron chi connectivity index (χ2n) is 12.9. The van der Waals surface area contributed by atoms with Crippen molar-refractivity contribution in [2.45, 2.75) is 78.2 Å². The lowest BCUT2D eigenvalue weighted by atomic mass is 9.96. The van der Waals surface area contributed by atoms with Crippen LogP contribution in [0.2, 0.25) is 0 Å². The molecule has 1 saturated heterocycles. The Morgan fingerprint density at radius 3 is 2.12 bits per heavy atom. The summed E-state index contributed by atoms with van der Waals surface area (Å²) in [6.07, 6.45) is 1.28. The van der Waals surface area contributed by atoms with Gasteiger partial charge in [0.15, 0.2) is 11.5 Å². The molecule has 0 unspecified atom stereocenters. The number of aromatic hydroxyl groups is 1. The van der Waals surface area contributed by atoms with Crippen molar-refractivity contribution in [1.29, 1.82) is 0 Å². The molecule has 3 aromatic rings. The van der Waals surface area contributed by atoms with E-state index in [0.717, 1.165) is 42.7 Å². The fourth-order valence-corrected chi connectivity index (χ4v) is 5.56. The van der Waals surface area contributed by atoms with Gasteiger partial charge >= 0.3 is 6.09 Å². The normalized spacial score (nSPS) is 14.3. The molecule has 0 atom stereocenters. The van der Waals surface area contributed by atoms with Gasteiger partial charge in [-0.25, -0.2) is 4.79 Å². The highest BCUT2D eigenvalue weighted by atomic mass is 16.6. The molecule has 0 radical (unpaired) electrons. The van der Waals surface area contributed by atoms with Gasteiger partial charge in [-0.2, -0.15) is 0 Å². The van der Waals surface area contributed by atoms with E-state index in [-0.39, 0.29) is 23.4 Å². The van der Waals surface area contributed by atoms with Crippen molar-refractivity contribution in [3.05, 3.63) is 66.2 Å². The zero-order valence-electron chi connectivity index (χ0n) is 26.8. The van der Waals surface area contributed by atoms with Crippen molar-refractivity contribution in [1.82, 2.24) is 4.90 Å². The lowest BCUT2D eigenvalue weighted by Crippen LogP contribution is -2.56. The molecule has 8 nitrogen and oxygen atoms in total. The Labute approximate surface area is 256 Å². The molecular weight excluding hydrogens is 544 g/mol. The van der Waals surface area contributed by atoms with Gasteiger partial charge < -0.3 is 33.9 Å². The average Bonchev–Trinajstić information content (AvgIpc) is 2.94. The minimum absolute atomic E-state index is 0.0504. The highest BCUT2D eigenvalue weighted by Crippen LogP contribution is 2.44. The highest BCUT2D eigenvalue weighted by Gasteiger charge is 2.38. The summed E-state index contributed by atoms with van der Waals surface area (Å²) in [5.74, 6) is 1.85. The lowest BCUT2D eigenvalue weighted by Gasteiger charge is -2.45. The van der Waals surface area contributed by atoms with E-state index in [9.17, 15) is 9.90 Å². The maximum Gasteiger partial charge on any atom is 0.410 e. The van der Waals surface area contributed by atoms with Crippen LogP contribution < -0.4 is 19.1 Å². The molecule has 0 bridgehead atoms. The third kappa shape index (κ3) is 7.86. The smallest absolute Gasteiger partial charge is 0.410 e.